The molecule has 0 saturated heterocycles. The van der Waals surface area contributed by atoms with Crippen LogP contribution in [0.15, 0.2) is 5.10 Å². The molecule has 3 nitrogen and oxygen atoms in total. The van der Waals surface area contributed by atoms with Crippen LogP contribution in [0.3, 0.4) is 0 Å². The van der Waals surface area contributed by atoms with E-state index in [1.54, 1.807) is 0 Å². The summed E-state index contributed by atoms with van der Waals surface area (Å²) in [5, 5.41) is 8.76. The largest absolute Gasteiger partial charge is 0.230 e. The lowest BCUT2D eigenvalue weighted by molar-refractivity contribution is -0.0137. The topological polar surface area (TPSA) is 18.8 Å². The lowest BCUT2D eigenvalue weighted by atomic mass is 10.0. The van der Waals surface area contributed by atoms with Crippen molar-refractivity contribution < 1.29 is 0 Å². The first-order chi connectivity index (χ1) is 7.38. The third-order valence-electron chi connectivity index (χ3n) is 3.64. The van der Waals surface area contributed by atoms with Crippen LogP contribution >= 0.6 is 0 Å². The Morgan fingerprint density at radius 2 is 1.60 bits per heavy atom. The van der Waals surface area contributed by atoms with Gasteiger partial charge in [-0.05, 0) is 12.8 Å². The molecule has 1 fully saturated rings. The van der Waals surface area contributed by atoms with Gasteiger partial charge < -0.3 is 0 Å². The first-order valence-corrected chi connectivity index (χ1v) is 6.40. The molecule has 0 radical (unpaired) electrons. The summed E-state index contributed by atoms with van der Waals surface area (Å²) in [7, 11) is 2.07. The van der Waals surface area contributed by atoms with E-state index in [9.17, 15) is 0 Å². The monoisotopic (exact) mass is 209 g/mol. The molecule has 0 atom stereocenters. The maximum atomic E-state index is 4.30. The summed E-state index contributed by atoms with van der Waals surface area (Å²) in [6.45, 7) is 1.02. The second kappa shape index (κ2) is 5.50. The lowest BCUT2D eigenvalue weighted by Crippen LogP contribution is -2.41. The average molecular weight is 209 g/mol. The van der Waals surface area contributed by atoms with Crippen molar-refractivity contribution >= 4 is 6.21 Å². The van der Waals surface area contributed by atoms with Gasteiger partial charge in [0.1, 0.15) is 0 Å². The summed E-state index contributed by atoms with van der Waals surface area (Å²) >= 11 is 0. The van der Waals surface area contributed by atoms with Gasteiger partial charge in [-0.15, -0.1) is 0 Å². The molecular weight excluding hydrogens is 186 g/mol. The Bertz CT molecular complexity index is 205. The summed E-state index contributed by atoms with van der Waals surface area (Å²) in [6.07, 6.45) is 13.3. The summed E-state index contributed by atoms with van der Waals surface area (Å²) in [4.78, 5) is 0. The molecule has 0 unspecified atom stereocenters. The summed E-state index contributed by atoms with van der Waals surface area (Å²) < 4.78 is 0. The van der Waals surface area contributed by atoms with Crippen LogP contribution in [0.1, 0.15) is 51.4 Å². The van der Waals surface area contributed by atoms with E-state index in [0.29, 0.717) is 0 Å². The molecule has 0 aromatic rings. The van der Waals surface area contributed by atoms with Crippen LogP contribution in [0, 0.1) is 0 Å². The van der Waals surface area contributed by atoms with E-state index in [4.69, 9.17) is 0 Å². The fraction of sp³-hybridized carbons (Fsp3) is 0.917. The predicted molar refractivity (Wildman–Crippen MR) is 63.7 cm³/mol. The molecule has 15 heavy (non-hydrogen) atoms. The van der Waals surface area contributed by atoms with Gasteiger partial charge in [0.05, 0.1) is 6.54 Å². The van der Waals surface area contributed by atoms with Crippen LogP contribution < -0.4 is 0 Å². The van der Waals surface area contributed by atoms with E-state index in [-0.39, 0.29) is 0 Å². The highest BCUT2D eigenvalue weighted by atomic mass is 15.8. The SMILES string of the molecule is CN1N=CCN1C1CCCCCCCC1. The van der Waals surface area contributed by atoms with E-state index >= 15 is 0 Å². The minimum atomic E-state index is 0.732. The van der Waals surface area contributed by atoms with Gasteiger partial charge in [0.2, 0.25) is 0 Å². The molecule has 0 aromatic heterocycles. The van der Waals surface area contributed by atoms with Crippen molar-refractivity contribution in [3.63, 3.8) is 0 Å². The van der Waals surface area contributed by atoms with Crippen molar-refractivity contribution in [2.45, 2.75) is 57.4 Å². The molecule has 2 aliphatic rings. The van der Waals surface area contributed by atoms with Gasteiger partial charge in [0.15, 0.2) is 0 Å². The molecule has 0 aromatic carbocycles. The molecule has 0 spiro atoms. The van der Waals surface area contributed by atoms with E-state index in [2.05, 4.69) is 17.2 Å². The fourth-order valence-corrected chi connectivity index (χ4v) is 2.72. The summed E-state index contributed by atoms with van der Waals surface area (Å²) in [5.41, 5.74) is 0. The van der Waals surface area contributed by atoms with Gasteiger partial charge in [-0.1, -0.05) is 38.5 Å². The molecule has 2 rings (SSSR count). The zero-order chi connectivity index (χ0) is 10.5. The maximum Gasteiger partial charge on any atom is 0.0572 e. The third-order valence-corrected chi connectivity index (χ3v) is 3.64. The molecule has 3 heteroatoms. The first kappa shape index (κ1) is 10.9. The van der Waals surface area contributed by atoms with E-state index in [1.165, 1.54) is 51.4 Å². The number of hydrogen-bond donors (Lipinski definition) is 0. The zero-order valence-electron chi connectivity index (χ0n) is 9.86. The van der Waals surface area contributed by atoms with Crippen LogP contribution in [-0.4, -0.2) is 36.0 Å². The van der Waals surface area contributed by atoms with Gasteiger partial charge in [0.25, 0.3) is 0 Å². The Morgan fingerprint density at radius 3 is 2.13 bits per heavy atom. The Labute approximate surface area is 93.1 Å². The highest BCUT2D eigenvalue weighted by molar-refractivity contribution is 5.60. The second-order valence-corrected chi connectivity index (χ2v) is 4.76. The molecule has 86 valence electrons. The zero-order valence-corrected chi connectivity index (χ0v) is 9.86. The average Bonchev–Trinajstić information content (AvgIpc) is 2.68. The second-order valence-electron chi connectivity index (χ2n) is 4.76. The highest BCUT2D eigenvalue weighted by Gasteiger charge is 2.23. The van der Waals surface area contributed by atoms with Gasteiger partial charge in [-0.25, -0.2) is 5.12 Å². The standard InChI is InChI=1S/C12H23N3/c1-14-13-10-11-15(14)12-8-6-4-2-3-5-7-9-12/h10,12H,2-9,11H2,1H3. The number of rotatable bonds is 1. The van der Waals surface area contributed by atoms with Gasteiger partial charge in [-0.3, -0.25) is 0 Å². The number of nitrogens with zero attached hydrogens (tertiary/aromatic N) is 3. The van der Waals surface area contributed by atoms with Crippen molar-refractivity contribution in [1.29, 1.82) is 0 Å². The summed E-state index contributed by atoms with van der Waals surface area (Å²) in [5.74, 6) is 0. The highest BCUT2D eigenvalue weighted by Crippen LogP contribution is 2.22. The van der Waals surface area contributed by atoms with Gasteiger partial charge >= 0.3 is 0 Å². The Morgan fingerprint density at radius 1 is 1.00 bits per heavy atom. The number of hydrazone groups is 1. The Kier molecular flexibility index (Phi) is 4.01. The lowest BCUT2D eigenvalue weighted by Gasteiger charge is -2.32. The van der Waals surface area contributed by atoms with Crippen molar-refractivity contribution in [2.24, 2.45) is 5.10 Å². The molecule has 1 aliphatic heterocycles. The molecule has 0 amide bonds. The maximum absolute atomic E-state index is 4.30. The predicted octanol–water partition coefficient (Wildman–Crippen LogP) is 2.64. The molecular formula is C12H23N3. The van der Waals surface area contributed by atoms with Crippen LogP contribution in [-0.2, 0) is 0 Å². The molecule has 1 heterocycles. The number of hydrazine groups is 1. The Balaban J connectivity index is 1.87. The van der Waals surface area contributed by atoms with Crippen molar-refractivity contribution in [1.82, 2.24) is 10.1 Å². The van der Waals surface area contributed by atoms with Crippen LogP contribution in [0.4, 0.5) is 0 Å². The van der Waals surface area contributed by atoms with Crippen molar-refractivity contribution in [2.75, 3.05) is 13.6 Å². The van der Waals surface area contributed by atoms with Crippen molar-refractivity contribution in [3.8, 4) is 0 Å². The fourth-order valence-electron chi connectivity index (χ4n) is 2.72. The van der Waals surface area contributed by atoms with Gasteiger partial charge in [-0.2, -0.15) is 10.1 Å². The molecule has 0 N–H and O–H groups in total. The minimum Gasteiger partial charge on any atom is -0.230 e. The normalized spacial score (nSPS) is 26.3. The minimum absolute atomic E-state index is 0.732. The Hall–Kier alpha value is -0.570. The van der Waals surface area contributed by atoms with Gasteiger partial charge in [0, 0.05) is 19.3 Å². The molecule has 1 saturated carbocycles. The summed E-state index contributed by atoms with van der Waals surface area (Å²) in [6, 6.07) is 0.732. The quantitative estimate of drug-likeness (QED) is 0.661. The van der Waals surface area contributed by atoms with Crippen molar-refractivity contribution in [3.05, 3.63) is 0 Å². The first-order valence-electron chi connectivity index (χ1n) is 6.40. The van der Waals surface area contributed by atoms with Crippen LogP contribution in [0.5, 0.6) is 0 Å². The van der Waals surface area contributed by atoms with Crippen LogP contribution in [0.25, 0.3) is 0 Å². The van der Waals surface area contributed by atoms with E-state index in [1.807, 2.05) is 11.3 Å². The number of hydrogen-bond acceptors (Lipinski definition) is 3. The van der Waals surface area contributed by atoms with E-state index < -0.39 is 0 Å². The van der Waals surface area contributed by atoms with Crippen LogP contribution in [0.2, 0.25) is 0 Å². The smallest absolute Gasteiger partial charge is 0.0572 e. The van der Waals surface area contributed by atoms with E-state index in [0.717, 1.165) is 12.6 Å². The molecule has 1 aliphatic carbocycles. The third kappa shape index (κ3) is 2.94. The molecule has 0 bridgehead atoms.